The summed E-state index contributed by atoms with van der Waals surface area (Å²) >= 11 is 0. The summed E-state index contributed by atoms with van der Waals surface area (Å²) in [6.45, 7) is 0. The second-order valence-electron chi connectivity index (χ2n) is 7.26. The summed E-state index contributed by atoms with van der Waals surface area (Å²) in [4.78, 5) is 9.84. The number of benzene rings is 4. The molecule has 0 saturated carbocycles. The van der Waals surface area contributed by atoms with E-state index in [2.05, 4.69) is 0 Å². The Morgan fingerprint density at radius 1 is 0.622 bits per heavy atom. The van der Waals surface area contributed by atoms with Gasteiger partial charge in [-0.3, -0.25) is 10.1 Å². The van der Waals surface area contributed by atoms with Crippen molar-refractivity contribution >= 4 is 31.0 Å². The van der Waals surface area contributed by atoms with Gasteiger partial charge in [0, 0.05) is 18.2 Å². The second kappa shape index (κ2) is 11.5. The summed E-state index contributed by atoms with van der Waals surface area (Å²) in [5, 5.41) is 29.4. The number of aromatic hydroxyl groups is 2. The highest BCUT2D eigenvalue weighted by Crippen LogP contribution is 2.31. The molecular weight excluding hydrogens is 520 g/mol. The number of nitro benzene ring substituents is 1. The largest absolute Gasteiger partial charge is 0.506 e. The minimum Gasteiger partial charge on any atom is -0.506 e. The van der Waals surface area contributed by atoms with Crippen LogP contribution in [-0.2, 0) is 19.7 Å². The zero-order valence-corrected chi connectivity index (χ0v) is 20.1. The van der Waals surface area contributed by atoms with Gasteiger partial charge in [0.15, 0.2) is 5.75 Å². The van der Waals surface area contributed by atoms with Crippen LogP contribution in [0, 0.1) is 10.1 Å². The normalized spacial score (nSPS) is 10.9. The molecule has 0 bridgehead atoms. The first-order valence-electron chi connectivity index (χ1n) is 10.1. The fourth-order valence-electron chi connectivity index (χ4n) is 2.99. The van der Waals surface area contributed by atoms with Crippen LogP contribution in [0.5, 0.6) is 11.5 Å². The average Bonchev–Trinajstić information content (AvgIpc) is 2.86. The lowest BCUT2D eigenvalue weighted by molar-refractivity contribution is -0.385. The minimum absolute atomic E-state index is 0. The van der Waals surface area contributed by atoms with Gasteiger partial charge >= 0.3 is 5.69 Å². The molecule has 0 heterocycles. The van der Waals surface area contributed by atoms with E-state index in [1.807, 2.05) is 0 Å². The number of nitro groups is 1. The van der Waals surface area contributed by atoms with Crippen LogP contribution in [0.1, 0.15) is 7.43 Å². The van der Waals surface area contributed by atoms with Crippen LogP contribution in [-0.4, -0.2) is 32.0 Å². The Morgan fingerprint density at radius 3 is 1.41 bits per heavy atom. The highest BCUT2D eigenvalue weighted by atomic mass is 32.2. The summed E-state index contributed by atoms with van der Waals surface area (Å²) < 4.78 is 48.7. The van der Waals surface area contributed by atoms with Gasteiger partial charge in [-0.2, -0.15) is 0 Å². The SMILES string of the molecule is C.Nc1ccc(S(=O)(=O)c2ccccc2)cc1O.O=[N+]([O-])c1ccc(S(=O)(=O)c2ccccc2)cc1O. The first-order valence-corrected chi connectivity index (χ1v) is 13.1. The molecule has 194 valence electrons. The Kier molecular flexibility index (Phi) is 8.99. The van der Waals surface area contributed by atoms with E-state index in [9.17, 15) is 37.2 Å². The Morgan fingerprint density at radius 2 is 1.03 bits per heavy atom. The number of phenols is 2. The number of hydrogen-bond donors (Lipinski definition) is 3. The molecule has 10 nitrogen and oxygen atoms in total. The lowest BCUT2D eigenvalue weighted by Gasteiger charge is -2.06. The van der Waals surface area contributed by atoms with Gasteiger partial charge in [-0.25, -0.2) is 16.8 Å². The average molecular weight is 545 g/mol. The van der Waals surface area contributed by atoms with Crippen molar-refractivity contribution < 1.29 is 32.0 Å². The van der Waals surface area contributed by atoms with Crippen molar-refractivity contribution in [2.75, 3.05) is 5.73 Å². The van der Waals surface area contributed by atoms with Gasteiger partial charge in [0.05, 0.1) is 30.2 Å². The molecule has 4 aromatic carbocycles. The first kappa shape index (κ1) is 28.8. The van der Waals surface area contributed by atoms with E-state index in [1.165, 1.54) is 36.4 Å². The molecule has 0 aromatic heterocycles. The van der Waals surface area contributed by atoms with Gasteiger partial charge in [0.25, 0.3) is 0 Å². The van der Waals surface area contributed by atoms with Gasteiger partial charge in [-0.15, -0.1) is 0 Å². The maximum atomic E-state index is 12.2. The summed E-state index contributed by atoms with van der Waals surface area (Å²) in [6.07, 6.45) is 0. The third-order valence-corrected chi connectivity index (χ3v) is 8.41. The third-order valence-electron chi connectivity index (χ3n) is 4.87. The summed E-state index contributed by atoms with van der Waals surface area (Å²) in [5.74, 6) is -0.913. The molecule has 4 rings (SSSR count). The molecule has 0 atom stereocenters. The smallest absolute Gasteiger partial charge is 0.310 e. The predicted octanol–water partition coefficient (Wildman–Crippen LogP) is 4.58. The van der Waals surface area contributed by atoms with Gasteiger partial charge in [0.1, 0.15) is 5.75 Å². The molecule has 4 aromatic rings. The molecule has 4 N–H and O–H groups in total. The molecule has 0 aliphatic rings. The predicted molar refractivity (Wildman–Crippen MR) is 138 cm³/mol. The second-order valence-corrected chi connectivity index (χ2v) is 11.2. The number of rotatable bonds is 5. The van der Waals surface area contributed by atoms with Crippen molar-refractivity contribution in [3.8, 4) is 11.5 Å². The van der Waals surface area contributed by atoms with Crippen LogP contribution in [0.25, 0.3) is 0 Å². The van der Waals surface area contributed by atoms with Crippen LogP contribution < -0.4 is 5.73 Å². The van der Waals surface area contributed by atoms with Crippen molar-refractivity contribution in [1.82, 2.24) is 0 Å². The molecule has 12 heteroatoms. The number of anilines is 1. The first-order chi connectivity index (χ1) is 16.9. The standard InChI is InChI=1S/C12H9NO5S.C12H11NO3S.CH4/c14-12-8-10(6-7-11(12)13(15)16)19(17,18)9-4-2-1-3-5-9;13-11-7-6-10(8-12(11)14)17(15,16)9-4-2-1-3-5-9;/h1-8,14H;1-8,14H,13H2;1H4. The van der Waals surface area contributed by atoms with Gasteiger partial charge in [0.2, 0.25) is 19.7 Å². The number of hydrogen-bond acceptors (Lipinski definition) is 9. The number of nitrogens with two attached hydrogens (primary N) is 1. The van der Waals surface area contributed by atoms with E-state index < -0.39 is 36.0 Å². The van der Waals surface area contributed by atoms with E-state index in [-0.39, 0.29) is 38.4 Å². The molecule has 0 radical (unpaired) electrons. The van der Waals surface area contributed by atoms with Crippen molar-refractivity contribution in [2.45, 2.75) is 27.0 Å². The van der Waals surface area contributed by atoms with Gasteiger partial charge in [-0.1, -0.05) is 43.8 Å². The van der Waals surface area contributed by atoms with Gasteiger partial charge < -0.3 is 15.9 Å². The summed E-state index contributed by atoms with van der Waals surface area (Å²) in [5.41, 5.74) is 5.04. The van der Waals surface area contributed by atoms with Crippen LogP contribution in [0.4, 0.5) is 11.4 Å². The highest BCUT2D eigenvalue weighted by Gasteiger charge is 2.22. The molecule has 0 fully saturated rings. The molecule has 0 amide bonds. The van der Waals surface area contributed by atoms with E-state index >= 15 is 0 Å². The highest BCUT2D eigenvalue weighted by molar-refractivity contribution is 7.91. The molecular formula is C25H24N2O8S2. The van der Waals surface area contributed by atoms with E-state index in [1.54, 1.807) is 36.4 Å². The topological polar surface area (TPSA) is 178 Å². The molecule has 0 spiro atoms. The van der Waals surface area contributed by atoms with E-state index in [0.717, 1.165) is 24.3 Å². The Labute approximate surface area is 214 Å². The van der Waals surface area contributed by atoms with Crippen molar-refractivity contribution in [1.29, 1.82) is 0 Å². The van der Waals surface area contributed by atoms with Gasteiger partial charge in [-0.05, 0) is 42.5 Å². The fraction of sp³-hybridized carbons (Fsp3) is 0.0400. The van der Waals surface area contributed by atoms with Crippen molar-refractivity contribution in [3.63, 3.8) is 0 Å². The Hall–Kier alpha value is -4.42. The third kappa shape index (κ3) is 6.42. The molecule has 0 aliphatic heterocycles. The van der Waals surface area contributed by atoms with Crippen molar-refractivity contribution in [2.24, 2.45) is 0 Å². The van der Waals surface area contributed by atoms with E-state index in [0.29, 0.717) is 0 Å². The lowest BCUT2D eigenvalue weighted by Crippen LogP contribution is -2.02. The number of nitrogen functional groups attached to an aromatic ring is 1. The fourth-order valence-corrected chi connectivity index (χ4v) is 5.59. The molecule has 37 heavy (non-hydrogen) atoms. The van der Waals surface area contributed by atoms with Crippen LogP contribution in [0.3, 0.4) is 0 Å². The molecule has 0 unspecified atom stereocenters. The lowest BCUT2D eigenvalue weighted by atomic mass is 10.3. The quantitative estimate of drug-likeness (QED) is 0.140. The number of sulfone groups is 2. The molecule has 0 aliphatic carbocycles. The number of phenolic OH excluding ortho intramolecular Hbond substituents is 2. The summed E-state index contributed by atoms with van der Waals surface area (Å²) in [7, 11) is -7.38. The minimum atomic E-state index is -3.79. The van der Waals surface area contributed by atoms with Crippen LogP contribution >= 0.6 is 0 Å². The monoisotopic (exact) mass is 544 g/mol. The van der Waals surface area contributed by atoms with Crippen LogP contribution in [0.15, 0.2) is 117 Å². The number of nitrogens with zero attached hydrogens (tertiary/aromatic N) is 1. The Balaban J connectivity index is 0.000000255. The van der Waals surface area contributed by atoms with Crippen LogP contribution in [0.2, 0.25) is 0 Å². The zero-order chi connectivity index (χ0) is 26.5. The van der Waals surface area contributed by atoms with Crippen molar-refractivity contribution in [3.05, 3.63) is 107 Å². The molecule has 0 saturated heterocycles. The Bertz CT molecular complexity index is 1610. The zero-order valence-electron chi connectivity index (χ0n) is 18.4. The summed E-state index contributed by atoms with van der Waals surface area (Å²) in [6, 6.07) is 22.5. The maximum Gasteiger partial charge on any atom is 0.310 e. The maximum absolute atomic E-state index is 12.2. The van der Waals surface area contributed by atoms with E-state index in [4.69, 9.17) is 5.73 Å².